The van der Waals surface area contributed by atoms with Gasteiger partial charge >= 0.3 is 0 Å². The summed E-state index contributed by atoms with van der Waals surface area (Å²) < 4.78 is 0. The van der Waals surface area contributed by atoms with Crippen molar-refractivity contribution in [3.63, 3.8) is 0 Å². The normalized spacial score (nSPS) is 17.4. The molecule has 1 fully saturated rings. The van der Waals surface area contributed by atoms with Crippen LogP contribution in [0.1, 0.15) is 6.92 Å². The van der Waals surface area contributed by atoms with Crippen molar-refractivity contribution in [2.45, 2.75) is 13.0 Å². The third-order valence-electron chi connectivity index (χ3n) is 3.59. The number of rotatable bonds is 3. The molecular weight excluding hydrogens is 262 g/mol. The van der Waals surface area contributed by atoms with E-state index in [-0.39, 0.29) is 11.9 Å². The summed E-state index contributed by atoms with van der Waals surface area (Å²) in [5.74, 6) is 0.168. The molecule has 1 saturated heterocycles. The van der Waals surface area contributed by atoms with Crippen molar-refractivity contribution in [2.75, 3.05) is 38.1 Å². The van der Waals surface area contributed by atoms with Gasteiger partial charge in [0, 0.05) is 26.2 Å². The van der Waals surface area contributed by atoms with E-state index in [0.717, 1.165) is 36.9 Å². The minimum absolute atomic E-state index is 0.119. The van der Waals surface area contributed by atoms with E-state index in [2.05, 4.69) is 10.2 Å². The Hall–Kier alpha value is -1.26. The molecule has 1 unspecified atom stereocenters. The first-order valence-corrected chi connectivity index (χ1v) is 6.97. The number of nitrogens with one attached hydrogen (secondary N) is 1. The van der Waals surface area contributed by atoms with Crippen LogP contribution in [0.5, 0.6) is 0 Å². The van der Waals surface area contributed by atoms with Crippen molar-refractivity contribution in [3.05, 3.63) is 29.3 Å². The van der Waals surface area contributed by atoms with Gasteiger partial charge in [-0.05, 0) is 26.1 Å². The van der Waals surface area contributed by atoms with E-state index in [4.69, 9.17) is 11.6 Å². The number of para-hydroxylation sites is 1. The second kappa shape index (κ2) is 6.26. The number of nitrogens with zero attached hydrogens (tertiary/aromatic N) is 2. The number of anilines is 1. The SMILES string of the molecule is CNC(C)C(=O)N1CCN(c2ccccc2Cl)CC1. The maximum atomic E-state index is 12.1. The van der Waals surface area contributed by atoms with Gasteiger partial charge in [-0.1, -0.05) is 23.7 Å². The lowest BCUT2D eigenvalue weighted by molar-refractivity contribution is -0.133. The molecule has 0 spiro atoms. The van der Waals surface area contributed by atoms with Crippen LogP contribution in [0.2, 0.25) is 5.02 Å². The fourth-order valence-electron chi connectivity index (χ4n) is 2.27. The van der Waals surface area contributed by atoms with Gasteiger partial charge in [-0.25, -0.2) is 0 Å². The highest BCUT2D eigenvalue weighted by Crippen LogP contribution is 2.26. The van der Waals surface area contributed by atoms with E-state index in [1.54, 1.807) is 0 Å². The molecule has 104 valence electrons. The number of hydrogen-bond acceptors (Lipinski definition) is 3. The second-order valence-electron chi connectivity index (χ2n) is 4.77. The molecule has 1 atom stereocenters. The molecule has 0 radical (unpaired) electrons. The third kappa shape index (κ3) is 3.19. The van der Waals surface area contributed by atoms with Gasteiger partial charge < -0.3 is 15.1 Å². The third-order valence-corrected chi connectivity index (χ3v) is 3.91. The average molecular weight is 282 g/mol. The Bertz CT molecular complexity index is 444. The zero-order valence-corrected chi connectivity index (χ0v) is 12.2. The Morgan fingerprint density at radius 1 is 1.26 bits per heavy atom. The van der Waals surface area contributed by atoms with Gasteiger partial charge in [0.05, 0.1) is 16.8 Å². The predicted octanol–water partition coefficient (Wildman–Crippen LogP) is 1.60. The summed E-state index contributed by atoms with van der Waals surface area (Å²) in [5, 5.41) is 3.76. The van der Waals surface area contributed by atoms with Gasteiger partial charge in [0.2, 0.25) is 5.91 Å². The molecule has 5 heteroatoms. The van der Waals surface area contributed by atoms with Crippen LogP contribution >= 0.6 is 11.6 Å². The number of hydrogen-bond donors (Lipinski definition) is 1. The number of benzene rings is 1. The van der Waals surface area contributed by atoms with E-state index in [0.29, 0.717) is 0 Å². The summed E-state index contributed by atoms with van der Waals surface area (Å²) in [6.45, 7) is 5.03. The maximum absolute atomic E-state index is 12.1. The number of carbonyl (C=O) groups excluding carboxylic acids is 1. The lowest BCUT2D eigenvalue weighted by Gasteiger charge is -2.37. The van der Waals surface area contributed by atoms with Crippen LogP contribution in [0.4, 0.5) is 5.69 Å². The highest BCUT2D eigenvalue weighted by atomic mass is 35.5. The van der Waals surface area contributed by atoms with E-state index in [1.807, 2.05) is 43.1 Å². The van der Waals surface area contributed by atoms with Crippen LogP contribution in [-0.4, -0.2) is 50.1 Å². The van der Waals surface area contributed by atoms with Crippen molar-refractivity contribution in [3.8, 4) is 0 Å². The first-order valence-electron chi connectivity index (χ1n) is 6.59. The molecule has 1 aliphatic rings. The molecule has 1 amide bonds. The van der Waals surface area contributed by atoms with Gasteiger partial charge in [0.25, 0.3) is 0 Å². The molecule has 0 aliphatic carbocycles. The lowest BCUT2D eigenvalue weighted by Crippen LogP contribution is -2.53. The fourth-order valence-corrected chi connectivity index (χ4v) is 2.53. The first-order chi connectivity index (χ1) is 9.13. The van der Waals surface area contributed by atoms with Crippen LogP contribution in [0.15, 0.2) is 24.3 Å². The fraction of sp³-hybridized carbons (Fsp3) is 0.500. The monoisotopic (exact) mass is 281 g/mol. The van der Waals surface area contributed by atoms with Gasteiger partial charge in [-0.2, -0.15) is 0 Å². The highest BCUT2D eigenvalue weighted by Gasteiger charge is 2.24. The van der Waals surface area contributed by atoms with E-state index in [9.17, 15) is 4.79 Å². The Labute approximate surface area is 119 Å². The van der Waals surface area contributed by atoms with Crippen molar-refractivity contribution in [1.29, 1.82) is 0 Å². The van der Waals surface area contributed by atoms with Gasteiger partial charge in [0.15, 0.2) is 0 Å². The first kappa shape index (κ1) is 14.2. The van der Waals surface area contributed by atoms with Crippen LogP contribution in [0.25, 0.3) is 0 Å². The number of amides is 1. The molecule has 1 aromatic carbocycles. The molecule has 0 saturated carbocycles. The summed E-state index contributed by atoms with van der Waals surface area (Å²) in [6.07, 6.45) is 0. The lowest BCUT2D eigenvalue weighted by atomic mass is 10.2. The van der Waals surface area contributed by atoms with Crippen LogP contribution in [0.3, 0.4) is 0 Å². The Morgan fingerprint density at radius 3 is 2.47 bits per heavy atom. The van der Waals surface area contributed by atoms with Gasteiger partial charge in [-0.3, -0.25) is 4.79 Å². The Kier molecular flexibility index (Phi) is 4.66. The molecule has 2 rings (SSSR count). The number of carbonyl (C=O) groups is 1. The molecule has 1 aliphatic heterocycles. The number of likely N-dealkylation sites (N-methyl/N-ethyl adjacent to an activating group) is 1. The molecule has 1 N–H and O–H groups in total. The molecular formula is C14H20ClN3O. The van der Waals surface area contributed by atoms with Crippen LogP contribution in [0, 0.1) is 0 Å². The smallest absolute Gasteiger partial charge is 0.239 e. The van der Waals surface area contributed by atoms with Crippen molar-refractivity contribution in [1.82, 2.24) is 10.2 Å². The maximum Gasteiger partial charge on any atom is 0.239 e. The topological polar surface area (TPSA) is 35.6 Å². The van der Waals surface area contributed by atoms with Crippen LogP contribution in [-0.2, 0) is 4.79 Å². The molecule has 1 aromatic rings. The van der Waals surface area contributed by atoms with E-state index < -0.39 is 0 Å². The number of halogens is 1. The van der Waals surface area contributed by atoms with Crippen molar-refractivity contribution >= 4 is 23.2 Å². The quantitative estimate of drug-likeness (QED) is 0.914. The predicted molar refractivity (Wildman–Crippen MR) is 78.8 cm³/mol. The second-order valence-corrected chi connectivity index (χ2v) is 5.18. The molecule has 1 heterocycles. The Balaban J connectivity index is 1.96. The summed E-state index contributed by atoms with van der Waals surface area (Å²) >= 11 is 6.20. The molecule has 0 bridgehead atoms. The highest BCUT2D eigenvalue weighted by molar-refractivity contribution is 6.33. The standard InChI is InChI=1S/C14H20ClN3O/c1-11(16-2)14(19)18-9-7-17(8-10-18)13-6-4-3-5-12(13)15/h3-6,11,16H,7-10H2,1-2H3. The largest absolute Gasteiger partial charge is 0.367 e. The van der Waals surface area contributed by atoms with Crippen molar-refractivity contribution in [2.24, 2.45) is 0 Å². The van der Waals surface area contributed by atoms with Crippen LogP contribution < -0.4 is 10.2 Å². The number of piperazine rings is 1. The molecule has 19 heavy (non-hydrogen) atoms. The zero-order chi connectivity index (χ0) is 13.8. The van der Waals surface area contributed by atoms with Crippen molar-refractivity contribution < 1.29 is 4.79 Å². The van der Waals surface area contributed by atoms with E-state index >= 15 is 0 Å². The van der Waals surface area contributed by atoms with E-state index in [1.165, 1.54) is 0 Å². The summed E-state index contributed by atoms with van der Waals surface area (Å²) in [5.41, 5.74) is 1.05. The summed E-state index contributed by atoms with van der Waals surface area (Å²) in [4.78, 5) is 16.2. The zero-order valence-electron chi connectivity index (χ0n) is 11.4. The Morgan fingerprint density at radius 2 is 1.89 bits per heavy atom. The van der Waals surface area contributed by atoms with Gasteiger partial charge in [-0.15, -0.1) is 0 Å². The molecule has 4 nitrogen and oxygen atoms in total. The average Bonchev–Trinajstić information content (AvgIpc) is 2.46. The summed E-state index contributed by atoms with van der Waals surface area (Å²) in [7, 11) is 1.81. The van der Waals surface area contributed by atoms with Gasteiger partial charge in [0.1, 0.15) is 0 Å². The summed E-state index contributed by atoms with van der Waals surface area (Å²) in [6, 6.07) is 7.72. The minimum atomic E-state index is -0.119. The molecule has 0 aromatic heterocycles. The minimum Gasteiger partial charge on any atom is -0.367 e.